The summed E-state index contributed by atoms with van der Waals surface area (Å²) >= 11 is 0. The Hall–Kier alpha value is -1.34. The molecule has 1 unspecified atom stereocenters. The van der Waals surface area contributed by atoms with E-state index in [2.05, 4.69) is 13.8 Å². The molecule has 0 fully saturated rings. The van der Waals surface area contributed by atoms with Gasteiger partial charge in [-0.25, -0.2) is 0 Å². The van der Waals surface area contributed by atoms with Crippen molar-refractivity contribution < 1.29 is 47.4 Å². The van der Waals surface area contributed by atoms with Gasteiger partial charge in [0.05, 0.1) is 112 Å². The maximum absolute atomic E-state index is 5.55. The third-order valence-electron chi connectivity index (χ3n) is 5.31. The highest BCUT2D eigenvalue weighted by atomic mass is 16.6. The van der Waals surface area contributed by atoms with Crippen molar-refractivity contribution in [1.82, 2.24) is 0 Å². The topological polar surface area (TPSA) is 92.3 Å². The van der Waals surface area contributed by atoms with Crippen LogP contribution in [0.5, 0.6) is 5.75 Å². The monoisotopic (exact) mass is 560 g/mol. The maximum Gasteiger partial charge on any atom is 0.119 e. The first-order valence-electron chi connectivity index (χ1n) is 14.2. The van der Waals surface area contributed by atoms with Gasteiger partial charge in [-0.2, -0.15) is 0 Å². The van der Waals surface area contributed by atoms with E-state index in [9.17, 15) is 0 Å². The van der Waals surface area contributed by atoms with Gasteiger partial charge in [0.15, 0.2) is 0 Å². The van der Waals surface area contributed by atoms with Crippen molar-refractivity contribution in [3.63, 3.8) is 0 Å². The molecule has 0 N–H and O–H groups in total. The number of ether oxygens (including phenoxy) is 10. The molecule has 0 aliphatic rings. The normalized spacial score (nSPS) is 12.2. The van der Waals surface area contributed by atoms with Crippen LogP contribution in [0.2, 0.25) is 0 Å². The van der Waals surface area contributed by atoms with Gasteiger partial charge < -0.3 is 47.4 Å². The summed E-state index contributed by atoms with van der Waals surface area (Å²) in [5, 5.41) is 0. The summed E-state index contributed by atoms with van der Waals surface area (Å²) in [6.07, 6.45) is 1.14. The van der Waals surface area contributed by atoms with Crippen molar-refractivity contribution in [3.05, 3.63) is 30.3 Å². The molecule has 0 aliphatic carbocycles. The first-order valence-corrected chi connectivity index (χ1v) is 14.2. The molecule has 0 spiro atoms. The molecule has 1 rings (SSSR count). The summed E-state index contributed by atoms with van der Waals surface area (Å²) in [7, 11) is 0. The van der Waals surface area contributed by atoms with Gasteiger partial charge in [-0.15, -0.1) is 0 Å². The van der Waals surface area contributed by atoms with Crippen LogP contribution in [0.1, 0.15) is 20.3 Å². The molecule has 0 bridgehead atoms. The zero-order valence-electron chi connectivity index (χ0n) is 24.2. The minimum Gasteiger partial charge on any atom is -0.491 e. The molecule has 39 heavy (non-hydrogen) atoms. The number of hydrogen-bond acceptors (Lipinski definition) is 10. The average Bonchev–Trinajstić information content (AvgIpc) is 2.96. The van der Waals surface area contributed by atoms with E-state index in [0.29, 0.717) is 125 Å². The highest BCUT2D eigenvalue weighted by Gasteiger charge is 1.99. The highest BCUT2D eigenvalue weighted by Crippen LogP contribution is 2.07. The number of hydrogen-bond donors (Lipinski definition) is 0. The van der Waals surface area contributed by atoms with Crippen LogP contribution in [0, 0.1) is 5.92 Å². The second kappa shape index (κ2) is 29.6. The van der Waals surface area contributed by atoms with E-state index in [1.807, 2.05) is 30.3 Å². The lowest BCUT2D eigenvalue weighted by molar-refractivity contribution is -0.0258. The van der Waals surface area contributed by atoms with E-state index < -0.39 is 0 Å². The van der Waals surface area contributed by atoms with Crippen LogP contribution >= 0.6 is 0 Å². The molecule has 0 saturated heterocycles. The van der Waals surface area contributed by atoms with Crippen molar-refractivity contribution in [2.24, 2.45) is 5.92 Å². The minimum atomic E-state index is 0.522. The Morgan fingerprint density at radius 1 is 0.436 bits per heavy atom. The van der Waals surface area contributed by atoms with Gasteiger partial charge in [0.2, 0.25) is 0 Å². The first kappa shape index (κ1) is 35.7. The fourth-order valence-corrected chi connectivity index (χ4v) is 2.90. The molecule has 228 valence electrons. The van der Waals surface area contributed by atoms with Gasteiger partial charge >= 0.3 is 0 Å². The van der Waals surface area contributed by atoms with Crippen molar-refractivity contribution in [2.45, 2.75) is 20.3 Å². The molecule has 1 atom stereocenters. The fourth-order valence-electron chi connectivity index (χ4n) is 2.90. The second-order valence-corrected chi connectivity index (χ2v) is 8.65. The van der Waals surface area contributed by atoms with Crippen LogP contribution in [0.15, 0.2) is 30.3 Å². The van der Waals surface area contributed by atoms with Crippen molar-refractivity contribution >= 4 is 0 Å². The van der Waals surface area contributed by atoms with Crippen LogP contribution in [0.25, 0.3) is 0 Å². The van der Waals surface area contributed by atoms with Gasteiger partial charge in [0.1, 0.15) is 12.4 Å². The second-order valence-electron chi connectivity index (χ2n) is 8.65. The fraction of sp³-hybridized carbons (Fsp3) is 0.793. The zero-order valence-corrected chi connectivity index (χ0v) is 24.2. The Balaban J connectivity index is 1.63. The molecule has 0 amide bonds. The lowest BCUT2D eigenvalue weighted by Gasteiger charge is -2.10. The van der Waals surface area contributed by atoms with Gasteiger partial charge in [-0.3, -0.25) is 0 Å². The SMILES string of the molecule is CCC(C)COCCOCCOCCOCCOCCOCCOCCOCCOCCOc1ccccc1. The summed E-state index contributed by atoms with van der Waals surface area (Å²) < 4.78 is 54.8. The Kier molecular flexibility index (Phi) is 27.1. The number of rotatable bonds is 31. The molecular formula is C29H52O10. The van der Waals surface area contributed by atoms with E-state index in [-0.39, 0.29) is 0 Å². The third-order valence-corrected chi connectivity index (χ3v) is 5.31. The summed E-state index contributed by atoms with van der Waals surface area (Å²) in [6, 6.07) is 9.68. The summed E-state index contributed by atoms with van der Waals surface area (Å²) in [5.41, 5.74) is 0. The van der Waals surface area contributed by atoms with Crippen molar-refractivity contribution in [2.75, 3.05) is 126 Å². The van der Waals surface area contributed by atoms with Crippen molar-refractivity contribution in [1.29, 1.82) is 0 Å². The lowest BCUT2D eigenvalue weighted by Crippen LogP contribution is -2.15. The van der Waals surface area contributed by atoms with Gasteiger partial charge in [0.25, 0.3) is 0 Å². The van der Waals surface area contributed by atoms with Gasteiger partial charge in [-0.1, -0.05) is 38.5 Å². The van der Waals surface area contributed by atoms with E-state index >= 15 is 0 Å². The van der Waals surface area contributed by atoms with Crippen LogP contribution in [0.3, 0.4) is 0 Å². The summed E-state index contributed by atoms with van der Waals surface area (Å²) in [5.74, 6) is 1.45. The maximum atomic E-state index is 5.55. The predicted octanol–water partition coefficient (Wildman–Crippen LogP) is 3.26. The molecule has 0 heterocycles. The lowest BCUT2D eigenvalue weighted by atomic mass is 10.1. The van der Waals surface area contributed by atoms with Crippen LogP contribution in [-0.2, 0) is 42.6 Å². The smallest absolute Gasteiger partial charge is 0.119 e. The molecule has 10 heteroatoms. The molecule has 0 radical (unpaired) electrons. The van der Waals surface area contributed by atoms with E-state index in [1.54, 1.807) is 0 Å². The average molecular weight is 561 g/mol. The first-order chi connectivity index (χ1) is 19.3. The van der Waals surface area contributed by atoms with Crippen LogP contribution in [-0.4, -0.2) is 126 Å². The van der Waals surface area contributed by atoms with Crippen LogP contribution in [0.4, 0.5) is 0 Å². The summed E-state index contributed by atoms with van der Waals surface area (Å²) in [6.45, 7) is 14.9. The van der Waals surface area contributed by atoms with E-state index in [0.717, 1.165) is 18.8 Å². The zero-order chi connectivity index (χ0) is 27.9. The Morgan fingerprint density at radius 2 is 0.744 bits per heavy atom. The Morgan fingerprint density at radius 3 is 1.08 bits per heavy atom. The standard InChI is InChI=1S/C29H52O10/c1-3-28(2)27-38-24-23-36-20-19-34-16-15-32-12-11-30-9-10-31-13-14-33-17-18-35-21-22-37-25-26-39-29-7-5-4-6-8-29/h4-8,28H,3,9-27H2,1-2H3. The minimum absolute atomic E-state index is 0.522. The molecule has 10 nitrogen and oxygen atoms in total. The number of para-hydroxylation sites is 1. The van der Waals surface area contributed by atoms with Gasteiger partial charge in [0, 0.05) is 6.61 Å². The molecule has 0 aromatic heterocycles. The quantitative estimate of drug-likeness (QED) is 0.126. The van der Waals surface area contributed by atoms with E-state index in [1.165, 1.54) is 0 Å². The Bertz CT molecular complexity index is 593. The molecule has 1 aromatic rings. The number of benzene rings is 1. The van der Waals surface area contributed by atoms with Crippen molar-refractivity contribution in [3.8, 4) is 5.75 Å². The largest absolute Gasteiger partial charge is 0.491 e. The van der Waals surface area contributed by atoms with Crippen LogP contribution < -0.4 is 4.74 Å². The molecular weight excluding hydrogens is 508 g/mol. The van der Waals surface area contributed by atoms with E-state index in [4.69, 9.17) is 47.4 Å². The van der Waals surface area contributed by atoms with Gasteiger partial charge in [-0.05, 0) is 18.1 Å². The summed E-state index contributed by atoms with van der Waals surface area (Å²) in [4.78, 5) is 0. The molecule has 0 saturated carbocycles. The Labute approximate surface area is 235 Å². The predicted molar refractivity (Wildman–Crippen MR) is 149 cm³/mol. The highest BCUT2D eigenvalue weighted by molar-refractivity contribution is 5.20. The third kappa shape index (κ3) is 26.6. The molecule has 1 aromatic carbocycles. The molecule has 0 aliphatic heterocycles.